The van der Waals surface area contributed by atoms with Crippen molar-refractivity contribution < 1.29 is 12.8 Å². The van der Waals surface area contributed by atoms with Crippen molar-refractivity contribution in [1.82, 2.24) is 4.31 Å². The van der Waals surface area contributed by atoms with Crippen molar-refractivity contribution in [3.8, 4) is 0 Å². The first-order valence-corrected chi connectivity index (χ1v) is 8.79. The van der Waals surface area contributed by atoms with Crippen molar-refractivity contribution >= 4 is 10.0 Å². The van der Waals surface area contributed by atoms with Crippen LogP contribution in [0.2, 0.25) is 0 Å². The molecule has 0 spiro atoms. The largest absolute Gasteiger partial charge is 0.326 e. The van der Waals surface area contributed by atoms with Crippen LogP contribution in [0.15, 0.2) is 23.1 Å². The Morgan fingerprint density at radius 3 is 2.48 bits per heavy atom. The van der Waals surface area contributed by atoms with Crippen molar-refractivity contribution in [3.05, 3.63) is 29.6 Å². The first kappa shape index (κ1) is 18.1. The molecule has 0 aromatic heterocycles. The minimum Gasteiger partial charge on any atom is -0.326 e. The van der Waals surface area contributed by atoms with Gasteiger partial charge in [0.1, 0.15) is 5.82 Å². The van der Waals surface area contributed by atoms with Crippen LogP contribution >= 0.6 is 0 Å². The lowest BCUT2D eigenvalue weighted by Gasteiger charge is -2.27. The molecule has 21 heavy (non-hydrogen) atoms. The van der Waals surface area contributed by atoms with Gasteiger partial charge in [-0.2, -0.15) is 4.31 Å². The number of unbranched alkanes of at least 4 members (excludes halogenated alkanes) is 2. The van der Waals surface area contributed by atoms with Crippen LogP contribution in [0.4, 0.5) is 4.39 Å². The molecule has 1 aromatic rings. The summed E-state index contributed by atoms with van der Waals surface area (Å²) in [6.07, 6.45) is 2.77. The summed E-state index contributed by atoms with van der Waals surface area (Å²) in [4.78, 5) is -0.0183. The van der Waals surface area contributed by atoms with Crippen molar-refractivity contribution in [2.45, 2.75) is 57.5 Å². The molecule has 0 unspecified atom stereocenters. The molecule has 0 amide bonds. The molecular weight excluding hydrogens is 291 g/mol. The number of rotatable bonds is 8. The molecule has 6 heteroatoms. The summed E-state index contributed by atoms with van der Waals surface area (Å²) in [6, 6.07) is 3.89. The molecule has 4 nitrogen and oxygen atoms in total. The minimum atomic E-state index is -3.73. The summed E-state index contributed by atoms with van der Waals surface area (Å²) >= 11 is 0. The van der Waals surface area contributed by atoms with E-state index in [1.165, 1.54) is 22.5 Å². The second-order valence-corrected chi connectivity index (χ2v) is 7.20. The number of benzene rings is 1. The fourth-order valence-corrected chi connectivity index (χ4v) is 4.20. The van der Waals surface area contributed by atoms with Gasteiger partial charge in [0.25, 0.3) is 0 Å². The van der Waals surface area contributed by atoms with E-state index in [2.05, 4.69) is 6.92 Å². The van der Waals surface area contributed by atoms with Gasteiger partial charge >= 0.3 is 0 Å². The Morgan fingerprint density at radius 2 is 1.95 bits per heavy atom. The zero-order chi connectivity index (χ0) is 16.0. The topological polar surface area (TPSA) is 63.4 Å². The number of sulfonamides is 1. The van der Waals surface area contributed by atoms with E-state index in [1.807, 2.05) is 13.8 Å². The third-order valence-electron chi connectivity index (χ3n) is 3.42. The molecule has 0 aliphatic rings. The van der Waals surface area contributed by atoms with Crippen molar-refractivity contribution in [2.75, 3.05) is 6.54 Å². The first-order valence-electron chi connectivity index (χ1n) is 7.35. The monoisotopic (exact) mass is 316 g/mol. The molecule has 0 aliphatic heterocycles. The van der Waals surface area contributed by atoms with E-state index in [4.69, 9.17) is 5.73 Å². The molecule has 0 saturated heterocycles. The van der Waals surface area contributed by atoms with Gasteiger partial charge < -0.3 is 5.73 Å². The Bertz CT molecular complexity index is 559. The van der Waals surface area contributed by atoms with Crippen molar-refractivity contribution in [2.24, 2.45) is 5.73 Å². The maximum atomic E-state index is 13.8. The highest BCUT2D eigenvalue weighted by Crippen LogP contribution is 2.24. The molecule has 1 rings (SSSR count). The van der Waals surface area contributed by atoms with Crippen LogP contribution in [-0.2, 0) is 16.6 Å². The minimum absolute atomic E-state index is 0.0183. The Morgan fingerprint density at radius 1 is 1.29 bits per heavy atom. The van der Waals surface area contributed by atoms with Crippen LogP contribution in [0.5, 0.6) is 0 Å². The predicted molar refractivity (Wildman–Crippen MR) is 82.8 cm³/mol. The first-order chi connectivity index (χ1) is 9.86. The Kier molecular flexibility index (Phi) is 6.77. The summed E-state index contributed by atoms with van der Waals surface area (Å²) in [6.45, 7) is 6.01. The standard InChI is InChI=1S/C15H25FN2O2S/c1-4-5-6-10-18(12(2)3)21(19,20)15-9-7-8-14(16)13(15)11-17/h7-9,12H,4-6,10-11,17H2,1-3H3. The van der Waals surface area contributed by atoms with E-state index < -0.39 is 15.8 Å². The number of nitrogens with two attached hydrogens (primary N) is 1. The summed E-state index contributed by atoms with van der Waals surface area (Å²) in [5.41, 5.74) is 5.58. The number of halogens is 1. The van der Waals surface area contributed by atoms with E-state index in [0.29, 0.717) is 6.54 Å². The van der Waals surface area contributed by atoms with Gasteiger partial charge in [0.15, 0.2) is 0 Å². The molecule has 0 atom stereocenters. The zero-order valence-corrected chi connectivity index (χ0v) is 13.8. The van der Waals surface area contributed by atoms with Gasteiger partial charge in [-0.1, -0.05) is 25.8 Å². The van der Waals surface area contributed by atoms with Gasteiger partial charge in [-0.15, -0.1) is 0 Å². The van der Waals surface area contributed by atoms with Gasteiger partial charge in [0, 0.05) is 24.7 Å². The van der Waals surface area contributed by atoms with Crippen LogP contribution in [0.25, 0.3) is 0 Å². The molecule has 120 valence electrons. The number of nitrogens with zero attached hydrogens (tertiary/aromatic N) is 1. The molecule has 0 heterocycles. The lowest BCUT2D eigenvalue weighted by molar-refractivity contribution is 0.345. The lowest BCUT2D eigenvalue weighted by Crippen LogP contribution is -2.38. The van der Waals surface area contributed by atoms with Crippen molar-refractivity contribution in [3.63, 3.8) is 0 Å². The van der Waals surface area contributed by atoms with Crippen LogP contribution < -0.4 is 5.73 Å². The average Bonchev–Trinajstić information content (AvgIpc) is 2.42. The fourth-order valence-electron chi connectivity index (χ4n) is 2.28. The van der Waals surface area contributed by atoms with E-state index in [0.717, 1.165) is 19.3 Å². The third kappa shape index (κ3) is 4.25. The highest BCUT2D eigenvalue weighted by molar-refractivity contribution is 7.89. The SMILES string of the molecule is CCCCCN(C(C)C)S(=O)(=O)c1cccc(F)c1CN. The van der Waals surface area contributed by atoms with Crippen LogP contribution in [0.1, 0.15) is 45.6 Å². The quantitative estimate of drug-likeness (QED) is 0.750. The highest BCUT2D eigenvalue weighted by Gasteiger charge is 2.29. The Hall–Kier alpha value is -0.980. The van der Waals surface area contributed by atoms with E-state index >= 15 is 0 Å². The summed E-state index contributed by atoms with van der Waals surface area (Å²) < 4.78 is 40.8. The molecule has 0 saturated carbocycles. The van der Waals surface area contributed by atoms with Crippen LogP contribution in [0.3, 0.4) is 0 Å². The van der Waals surface area contributed by atoms with E-state index in [9.17, 15) is 12.8 Å². The average molecular weight is 316 g/mol. The number of hydrogen-bond donors (Lipinski definition) is 1. The molecule has 0 aliphatic carbocycles. The maximum Gasteiger partial charge on any atom is 0.243 e. The van der Waals surface area contributed by atoms with Gasteiger partial charge in [0.05, 0.1) is 4.90 Å². The van der Waals surface area contributed by atoms with Crippen molar-refractivity contribution in [1.29, 1.82) is 0 Å². The predicted octanol–water partition coefficient (Wildman–Crippen LogP) is 2.87. The summed E-state index contributed by atoms with van der Waals surface area (Å²) in [7, 11) is -3.73. The van der Waals surface area contributed by atoms with Gasteiger partial charge in [-0.05, 0) is 32.4 Å². The van der Waals surface area contributed by atoms with Gasteiger partial charge in [-0.25, -0.2) is 12.8 Å². The normalized spacial score (nSPS) is 12.3. The zero-order valence-electron chi connectivity index (χ0n) is 13.0. The Balaban J connectivity index is 3.20. The molecule has 0 fully saturated rings. The number of hydrogen-bond acceptors (Lipinski definition) is 3. The molecular formula is C15H25FN2O2S. The lowest BCUT2D eigenvalue weighted by atomic mass is 10.2. The fraction of sp³-hybridized carbons (Fsp3) is 0.600. The summed E-state index contributed by atoms with van der Waals surface area (Å²) in [5.74, 6) is -0.573. The Labute approximate surface area is 127 Å². The highest BCUT2D eigenvalue weighted by atomic mass is 32.2. The van der Waals surface area contributed by atoms with E-state index in [1.54, 1.807) is 0 Å². The van der Waals surface area contributed by atoms with Crippen LogP contribution in [0, 0.1) is 5.82 Å². The molecule has 0 radical (unpaired) electrons. The molecule has 0 bridgehead atoms. The van der Waals surface area contributed by atoms with Gasteiger partial charge in [0.2, 0.25) is 10.0 Å². The third-order valence-corrected chi connectivity index (χ3v) is 5.58. The smallest absolute Gasteiger partial charge is 0.243 e. The van der Waals surface area contributed by atoms with Crippen LogP contribution in [-0.4, -0.2) is 25.3 Å². The van der Waals surface area contributed by atoms with E-state index in [-0.39, 0.29) is 23.0 Å². The maximum absolute atomic E-state index is 13.8. The second kappa shape index (κ2) is 7.87. The summed E-state index contributed by atoms with van der Waals surface area (Å²) in [5, 5.41) is 0. The second-order valence-electron chi connectivity index (χ2n) is 5.34. The molecule has 1 aromatic carbocycles. The molecule has 2 N–H and O–H groups in total. The van der Waals surface area contributed by atoms with Gasteiger partial charge in [-0.3, -0.25) is 0 Å².